The number of hydrogen-bond donors (Lipinski definition) is 1. The van der Waals surface area contributed by atoms with Gasteiger partial charge in [-0.1, -0.05) is 19.9 Å². The lowest BCUT2D eigenvalue weighted by Crippen LogP contribution is -2.38. The Morgan fingerprint density at radius 1 is 1.47 bits per heavy atom. The molecule has 1 heterocycles. The molecule has 19 heavy (non-hydrogen) atoms. The number of hydrogen-bond acceptors (Lipinski definition) is 2. The molecule has 0 spiro atoms. The van der Waals surface area contributed by atoms with Gasteiger partial charge in [-0.2, -0.15) is 0 Å². The molecule has 4 heteroatoms. The Labute approximate surface area is 113 Å². The van der Waals surface area contributed by atoms with Gasteiger partial charge in [0, 0.05) is 18.8 Å². The maximum atomic E-state index is 13.3. The van der Waals surface area contributed by atoms with Crippen LogP contribution in [0, 0.1) is 17.7 Å². The highest BCUT2D eigenvalue weighted by Crippen LogP contribution is 2.30. The number of anilines is 1. The fourth-order valence-corrected chi connectivity index (χ4v) is 2.67. The van der Waals surface area contributed by atoms with Gasteiger partial charge in [0.2, 0.25) is 5.91 Å². The van der Waals surface area contributed by atoms with Crippen LogP contribution in [0.4, 0.5) is 10.1 Å². The molecule has 2 N–H and O–H groups in total. The molecular formula is C15H21FN2O. The van der Waals surface area contributed by atoms with E-state index in [4.69, 9.17) is 5.73 Å². The Bertz CT molecular complexity index is 473. The SMILES string of the molecule is CC(C)CC(CN)C(=O)N1CCc2ccc(F)cc21. The maximum Gasteiger partial charge on any atom is 0.231 e. The van der Waals surface area contributed by atoms with Crippen molar-refractivity contribution >= 4 is 11.6 Å². The molecule has 3 nitrogen and oxygen atoms in total. The zero-order valence-corrected chi connectivity index (χ0v) is 11.5. The van der Waals surface area contributed by atoms with Gasteiger partial charge in [-0.25, -0.2) is 4.39 Å². The third kappa shape index (κ3) is 2.95. The van der Waals surface area contributed by atoms with Crippen molar-refractivity contribution in [3.63, 3.8) is 0 Å². The average Bonchev–Trinajstić information content (AvgIpc) is 2.77. The second kappa shape index (κ2) is 5.70. The van der Waals surface area contributed by atoms with E-state index in [0.717, 1.165) is 18.4 Å². The molecule has 1 amide bonds. The van der Waals surface area contributed by atoms with E-state index < -0.39 is 0 Å². The average molecular weight is 264 g/mol. The molecule has 0 saturated carbocycles. The Balaban J connectivity index is 2.20. The molecule has 0 saturated heterocycles. The van der Waals surface area contributed by atoms with E-state index in [0.29, 0.717) is 24.7 Å². The van der Waals surface area contributed by atoms with Crippen LogP contribution in [-0.2, 0) is 11.2 Å². The maximum absolute atomic E-state index is 13.3. The van der Waals surface area contributed by atoms with Gasteiger partial charge >= 0.3 is 0 Å². The second-order valence-electron chi connectivity index (χ2n) is 5.58. The van der Waals surface area contributed by atoms with Gasteiger partial charge in [0.25, 0.3) is 0 Å². The minimum atomic E-state index is -0.299. The van der Waals surface area contributed by atoms with Crippen LogP contribution in [0.1, 0.15) is 25.8 Å². The highest BCUT2D eigenvalue weighted by molar-refractivity contribution is 5.97. The van der Waals surface area contributed by atoms with Crippen LogP contribution >= 0.6 is 0 Å². The van der Waals surface area contributed by atoms with E-state index in [9.17, 15) is 9.18 Å². The molecule has 2 rings (SSSR count). The summed E-state index contributed by atoms with van der Waals surface area (Å²) in [4.78, 5) is 14.2. The molecule has 104 valence electrons. The number of rotatable bonds is 4. The first-order chi connectivity index (χ1) is 9.02. The molecule has 1 atom stereocenters. The molecule has 1 aliphatic rings. The summed E-state index contributed by atoms with van der Waals surface area (Å²) in [5.74, 6) is -0.0199. The monoisotopic (exact) mass is 264 g/mol. The van der Waals surface area contributed by atoms with E-state index in [1.807, 2.05) is 0 Å². The summed E-state index contributed by atoms with van der Waals surface area (Å²) in [5, 5.41) is 0. The minimum Gasteiger partial charge on any atom is -0.330 e. The van der Waals surface area contributed by atoms with Crippen molar-refractivity contribution in [2.45, 2.75) is 26.7 Å². The molecule has 0 bridgehead atoms. The first-order valence-corrected chi connectivity index (χ1v) is 6.82. The van der Waals surface area contributed by atoms with Gasteiger partial charge in [-0.15, -0.1) is 0 Å². The molecule has 0 aromatic heterocycles. The fourth-order valence-electron chi connectivity index (χ4n) is 2.67. The van der Waals surface area contributed by atoms with Crippen LogP contribution in [0.15, 0.2) is 18.2 Å². The molecule has 1 aliphatic heterocycles. The lowest BCUT2D eigenvalue weighted by Gasteiger charge is -2.24. The van der Waals surface area contributed by atoms with Gasteiger partial charge in [0.1, 0.15) is 5.82 Å². The van der Waals surface area contributed by atoms with E-state index in [1.165, 1.54) is 12.1 Å². The summed E-state index contributed by atoms with van der Waals surface area (Å²) in [6.45, 7) is 5.13. The van der Waals surface area contributed by atoms with E-state index in [2.05, 4.69) is 13.8 Å². The van der Waals surface area contributed by atoms with Crippen molar-refractivity contribution < 1.29 is 9.18 Å². The lowest BCUT2D eigenvalue weighted by molar-refractivity contribution is -0.122. The van der Waals surface area contributed by atoms with Gasteiger partial charge in [-0.05, 0) is 36.5 Å². The predicted octanol–water partition coefficient (Wildman–Crippen LogP) is 2.34. The highest BCUT2D eigenvalue weighted by atomic mass is 19.1. The summed E-state index contributed by atoms with van der Waals surface area (Å²) >= 11 is 0. The quantitative estimate of drug-likeness (QED) is 0.907. The van der Waals surface area contributed by atoms with Crippen LogP contribution < -0.4 is 10.6 Å². The summed E-state index contributed by atoms with van der Waals surface area (Å²) in [6, 6.07) is 4.66. The number of benzene rings is 1. The Hall–Kier alpha value is -1.42. The van der Waals surface area contributed by atoms with Crippen molar-refractivity contribution in [2.75, 3.05) is 18.0 Å². The summed E-state index contributed by atoms with van der Waals surface area (Å²) in [6.07, 6.45) is 1.57. The molecule has 1 aromatic carbocycles. The molecule has 1 aromatic rings. The summed E-state index contributed by atoms with van der Waals surface area (Å²) < 4.78 is 13.3. The zero-order valence-electron chi connectivity index (χ0n) is 11.5. The number of nitrogens with zero attached hydrogens (tertiary/aromatic N) is 1. The van der Waals surface area contributed by atoms with Crippen molar-refractivity contribution in [2.24, 2.45) is 17.6 Å². The topological polar surface area (TPSA) is 46.3 Å². The number of halogens is 1. The summed E-state index contributed by atoms with van der Waals surface area (Å²) in [5.41, 5.74) is 7.47. The third-order valence-electron chi connectivity index (χ3n) is 3.60. The van der Waals surface area contributed by atoms with Crippen molar-refractivity contribution in [1.29, 1.82) is 0 Å². The molecule has 0 fully saturated rings. The van der Waals surface area contributed by atoms with Gasteiger partial charge in [0.15, 0.2) is 0 Å². The van der Waals surface area contributed by atoms with Crippen LogP contribution in [-0.4, -0.2) is 19.0 Å². The molecular weight excluding hydrogens is 243 g/mol. The summed E-state index contributed by atoms with van der Waals surface area (Å²) in [7, 11) is 0. The lowest BCUT2D eigenvalue weighted by atomic mass is 9.96. The first kappa shape index (κ1) is 14.0. The first-order valence-electron chi connectivity index (χ1n) is 6.82. The fraction of sp³-hybridized carbons (Fsp3) is 0.533. The Morgan fingerprint density at radius 2 is 2.21 bits per heavy atom. The van der Waals surface area contributed by atoms with Crippen LogP contribution in [0.3, 0.4) is 0 Å². The standard InChI is InChI=1S/C15H21FN2O/c1-10(2)7-12(9-17)15(19)18-6-5-11-3-4-13(16)8-14(11)18/h3-4,8,10,12H,5-7,9,17H2,1-2H3. The molecule has 0 aliphatic carbocycles. The number of carbonyl (C=O) groups excluding carboxylic acids is 1. The number of fused-ring (bicyclic) bond motifs is 1. The normalized spacial score (nSPS) is 15.7. The number of carbonyl (C=O) groups is 1. The minimum absolute atomic E-state index is 0.0283. The van der Waals surface area contributed by atoms with E-state index in [1.54, 1.807) is 11.0 Å². The Kier molecular flexibility index (Phi) is 4.20. The van der Waals surface area contributed by atoms with Crippen LogP contribution in [0.25, 0.3) is 0 Å². The third-order valence-corrected chi connectivity index (χ3v) is 3.60. The number of nitrogens with two attached hydrogens (primary N) is 1. The van der Waals surface area contributed by atoms with Crippen molar-refractivity contribution in [3.8, 4) is 0 Å². The van der Waals surface area contributed by atoms with Crippen LogP contribution in [0.2, 0.25) is 0 Å². The largest absolute Gasteiger partial charge is 0.330 e. The van der Waals surface area contributed by atoms with Crippen molar-refractivity contribution in [3.05, 3.63) is 29.6 Å². The second-order valence-corrected chi connectivity index (χ2v) is 5.58. The Morgan fingerprint density at radius 3 is 2.84 bits per heavy atom. The van der Waals surface area contributed by atoms with Gasteiger partial charge in [0.05, 0.1) is 5.92 Å². The highest BCUT2D eigenvalue weighted by Gasteiger charge is 2.30. The molecule has 0 radical (unpaired) electrons. The zero-order chi connectivity index (χ0) is 14.0. The number of amides is 1. The van der Waals surface area contributed by atoms with Crippen LogP contribution in [0.5, 0.6) is 0 Å². The predicted molar refractivity (Wildman–Crippen MR) is 74.5 cm³/mol. The van der Waals surface area contributed by atoms with Gasteiger partial charge in [-0.3, -0.25) is 4.79 Å². The van der Waals surface area contributed by atoms with E-state index in [-0.39, 0.29) is 17.6 Å². The smallest absolute Gasteiger partial charge is 0.231 e. The van der Waals surface area contributed by atoms with Gasteiger partial charge < -0.3 is 10.6 Å². The molecule has 1 unspecified atom stereocenters. The van der Waals surface area contributed by atoms with Crippen molar-refractivity contribution in [1.82, 2.24) is 0 Å². The van der Waals surface area contributed by atoms with E-state index >= 15 is 0 Å².